The molecule has 33 heavy (non-hydrogen) atoms. The number of hydrogen-bond donors (Lipinski definition) is 0. The lowest BCUT2D eigenvalue weighted by Crippen LogP contribution is -2.44. The van der Waals surface area contributed by atoms with Crippen molar-refractivity contribution < 1.29 is 4.39 Å². The number of hydrogen-bond acceptors (Lipinski definition) is 4. The first-order valence-electron chi connectivity index (χ1n) is 11.1. The molecule has 1 aliphatic rings. The molecule has 0 spiro atoms. The summed E-state index contributed by atoms with van der Waals surface area (Å²) in [6, 6.07) is 14.3. The number of piperazine rings is 1. The number of likely N-dealkylation sites (N-methyl/N-ethyl adjacent to an activating group) is 1. The Morgan fingerprint density at radius 1 is 1.06 bits per heavy atom. The van der Waals surface area contributed by atoms with Gasteiger partial charge in [0.2, 0.25) is 0 Å². The molecule has 1 aromatic heterocycles. The highest BCUT2D eigenvalue weighted by atomic mass is 35.5. The van der Waals surface area contributed by atoms with E-state index < -0.39 is 0 Å². The molecule has 0 N–H and O–H groups in total. The number of benzene rings is 2. The molecular formula is C26H28ClFN4O. The van der Waals surface area contributed by atoms with Crippen molar-refractivity contribution >= 4 is 17.7 Å². The van der Waals surface area contributed by atoms with Crippen LogP contribution in [0.15, 0.2) is 59.4 Å². The molecule has 1 saturated heterocycles. The molecule has 172 valence electrons. The van der Waals surface area contributed by atoms with Crippen molar-refractivity contribution in [2.45, 2.75) is 20.0 Å². The lowest BCUT2D eigenvalue weighted by atomic mass is 10.1. The molecule has 0 bridgehead atoms. The van der Waals surface area contributed by atoms with Crippen LogP contribution in [-0.4, -0.2) is 52.8 Å². The van der Waals surface area contributed by atoms with E-state index in [-0.39, 0.29) is 11.4 Å². The summed E-state index contributed by atoms with van der Waals surface area (Å²) >= 11 is 5.95. The van der Waals surface area contributed by atoms with Crippen molar-refractivity contribution in [2.24, 2.45) is 0 Å². The molecule has 2 heterocycles. The Morgan fingerprint density at radius 3 is 2.48 bits per heavy atom. The van der Waals surface area contributed by atoms with E-state index in [0.717, 1.165) is 37.3 Å². The Morgan fingerprint density at radius 2 is 1.79 bits per heavy atom. The van der Waals surface area contributed by atoms with Crippen molar-refractivity contribution in [3.8, 4) is 11.3 Å². The summed E-state index contributed by atoms with van der Waals surface area (Å²) in [5.74, 6) is -0.254. The summed E-state index contributed by atoms with van der Waals surface area (Å²) in [4.78, 5) is 17.8. The minimum Gasteiger partial charge on any atom is -0.304 e. The zero-order chi connectivity index (χ0) is 23.4. The van der Waals surface area contributed by atoms with Gasteiger partial charge in [-0.1, -0.05) is 35.9 Å². The zero-order valence-corrected chi connectivity index (χ0v) is 19.7. The fourth-order valence-corrected chi connectivity index (χ4v) is 4.01. The lowest BCUT2D eigenvalue weighted by Gasteiger charge is -2.32. The van der Waals surface area contributed by atoms with Crippen LogP contribution < -0.4 is 5.56 Å². The van der Waals surface area contributed by atoms with Crippen molar-refractivity contribution in [1.82, 2.24) is 19.6 Å². The second-order valence-electron chi connectivity index (χ2n) is 8.54. The second-order valence-corrected chi connectivity index (χ2v) is 8.98. The van der Waals surface area contributed by atoms with Gasteiger partial charge >= 0.3 is 0 Å². The standard InChI is InChI=1S/C26H28ClFN4O/c1-19-16-21(7-10-24(19)28)25-17-22(18-31-14-12-30(2)13-15-31)26(33)32(29-25)11-3-4-20-5-8-23(27)9-6-20/h3-10,16-17H,11-15,18H2,1-2H3. The molecule has 0 atom stereocenters. The van der Waals surface area contributed by atoms with Gasteiger partial charge in [0.05, 0.1) is 12.2 Å². The fraction of sp³-hybridized carbons (Fsp3) is 0.308. The minimum atomic E-state index is -0.254. The highest BCUT2D eigenvalue weighted by Crippen LogP contribution is 2.21. The second kappa shape index (κ2) is 10.4. The van der Waals surface area contributed by atoms with E-state index in [4.69, 9.17) is 11.6 Å². The molecule has 0 saturated carbocycles. The smallest absolute Gasteiger partial charge is 0.271 e. The summed E-state index contributed by atoms with van der Waals surface area (Å²) in [6.07, 6.45) is 3.86. The van der Waals surface area contributed by atoms with Crippen LogP contribution in [0.3, 0.4) is 0 Å². The maximum Gasteiger partial charge on any atom is 0.271 e. The molecule has 0 aliphatic carbocycles. The molecule has 1 fully saturated rings. The van der Waals surface area contributed by atoms with Crippen LogP contribution in [-0.2, 0) is 13.1 Å². The molecule has 0 radical (unpaired) electrons. The molecule has 0 unspecified atom stereocenters. The Kier molecular flexibility index (Phi) is 7.38. The predicted molar refractivity (Wildman–Crippen MR) is 132 cm³/mol. The summed E-state index contributed by atoms with van der Waals surface area (Å²) in [5.41, 5.74) is 3.61. The van der Waals surface area contributed by atoms with Gasteiger partial charge in [0.15, 0.2) is 0 Å². The van der Waals surface area contributed by atoms with Gasteiger partial charge in [-0.05, 0) is 61.5 Å². The van der Waals surface area contributed by atoms with E-state index in [9.17, 15) is 9.18 Å². The van der Waals surface area contributed by atoms with Gasteiger partial charge in [-0.25, -0.2) is 9.07 Å². The molecule has 3 aromatic rings. The summed E-state index contributed by atoms with van der Waals surface area (Å²) < 4.78 is 15.3. The van der Waals surface area contributed by atoms with Crippen LogP contribution in [0.2, 0.25) is 5.02 Å². The highest BCUT2D eigenvalue weighted by Gasteiger charge is 2.17. The third-order valence-electron chi connectivity index (χ3n) is 5.95. The molecular weight excluding hydrogens is 439 g/mol. The molecule has 2 aromatic carbocycles. The fourth-order valence-electron chi connectivity index (χ4n) is 3.89. The lowest BCUT2D eigenvalue weighted by molar-refractivity contribution is 0.147. The predicted octanol–water partition coefficient (Wildman–Crippen LogP) is 4.47. The quantitative estimate of drug-likeness (QED) is 0.537. The Hall–Kier alpha value is -2.80. The van der Waals surface area contributed by atoms with E-state index in [2.05, 4.69) is 21.9 Å². The Labute approximate surface area is 198 Å². The third-order valence-corrected chi connectivity index (χ3v) is 6.20. The number of halogens is 2. The van der Waals surface area contributed by atoms with E-state index in [0.29, 0.717) is 34.9 Å². The van der Waals surface area contributed by atoms with Gasteiger partial charge in [-0.15, -0.1) is 0 Å². The van der Waals surface area contributed by atoms with Gasteiger partial charge in [-0.2, -0.15) is 5.10 Å². The number of nitrogens with zero attached hydrogens (tertiary/aromatic N) is 4. The van der Waals surface area contributed by atoms with E-state index in [1.54, 1.807) is 19.1 Å². The Bertz CT molecular complexity index is 1200. The number of rotatable bonds is 6. The summed E-state index contributed by atoms with van der Waals surface area (Å²) in [7, 11) is 2.11. The highest BCUT2D eigenvalue weighted by molar-refractivity contribution is 6.30. The zero-order valence-electron chi connectivity index (χ0n) is 19.0. The van der Waals surface area contributed by atoms with Gasteiger partial charge in [0.25, 0.3) is 5.56 Å². The largest absolute Gasteiger partial charge is 0.304 e. The number of aryl methyl sites for hydroxylation is 1. The number of aromatic nitrogens is 2. The van der Waals surface area contributed by atoms with Crippen molar-refractivity contribution in [3.05, 3.63) is 92.5 Å². The minimum absolute atomic E-state index is 0.0998. The molecule has 5 nitrogen and oxygen atoms in total. The van der Waals surface area contributed by atoms with Crippen LogP contribution in [0.4, 0.5) is 4.39 Å². The normalized spacial score (nSPS) is 15.4. The van der Waals surface area contributed by atoms with E-state index in [1.165, 1.54) is 10.7 Å². The first-order chi connectivity index (χ1) is 15.9. The monoisotopic (exact) mass is 466 g/mol. The number of allylic oxidation sites excluding steroid dienone is 1. The molecule has 0 amide bonds. The van der Waals surface area contributed by atoms with Gasteiger partial charge < -0.3 is 4.90 Å². The van der Waals surface area contributed by atoms with Crippen molar-refractivity contribution in [2.75, 3.05) is 33.2 Å². The van der Waals surface area contributed by atoms with Crippen LogP contribution in [0.5, 0.6) is 0 Å². The molecule has 4 rings (SSSR count). The van der Waals surface area contributed by atoms with Crippen LogP contribution >= 0.6 is 11.6 Å². The van der Waals surface area contributed by atoms with Gasteiger partial charge in [0, 0.05) is 48.9 Å². The topological polar surface area (TPSA) is 41.4 Å². The molecule has 7 heteroatoms. The average Bonchev–Trinajstić information content (AvgIpc) is 2.80. The van der Waals surface area contributed by atoms with Crippen molar-refractivity contribution in [1.29, 1.82) is 0 Å². The van der Waals surface area contributed by atoms with Crippen molar-refractivity contribution in [3.63, 3.8) is 0 Å². The maximum absolute atomic E-state index is 13.8. The van der Waals surface area contributed by atoms with Crippen LogP contribution in [0, 0.1) is 12.7 Å². The molecule has 1 aliphatic heterocycles. The summed E-state index contributed by atoms with van der Waals surface area (Å²) in [6.45, 7) is 6.43. The van der Waals surface area contributed by atoms with E-state index >= 15 is 0 Å². The average molecular weight is 467 g/mol. The van der Waals surface area contributed by atoms with Crippen LogP contribution in [0.1, 0.15) is 16.7 Å². The Balaban J connectivity index is 1.65. The van der Waals surface area contributed by atoms with Crippen LogP contribution in [0.25, 0.3) is 17.3 Å². The summed E-state index contributed by atoms with van der Waals surface area (Å²) in [5, 5.41) is 5.29. The maximum atomic E-state index is 13.8. The van der Waals surface area contributed by atoms with E-state index in [1.807, 2.05) is 42.5 Å². The first-order valence-corrected chi connectivity index (χ1v) is 11.5. The third kappa shape index (κ3) is 5.96. The first kappa shape index (κ1) is 23.4. The SMILES string of the molecule is Cc1cc(-c2cc(CN3CCN(C)CC3)c(=O)n(CC=Cc3ccc(Cl)cc3)n2)ccc1F. The van der Waals surface area contributed by atoms with Gasteiger partial charge in [0.1, 0.15) is 5.82 Å². The van der Waals surface area contributed by atoms with Gasteiger partial charge in [-0.3, -0.25) is 9.69 Å².